The first-order valence-electron chi connectivity index (χ1n) is 5.57. The molecule has 2 rings (SSSR count). The Kier molecular flexibility index (Phi) is 2.52. The molecule has 2 unspecified atom stereocenters. The molecule has 0 radical (unpaired) electrons. The summed E-state index contributed by atoms with van der Waals surface area (Å²) in [5.41, 5.74) is 0.318. The third-order valence-electron chi connectivity index (χ3n) is 3.21. The van der Waals surface area contributed by atoms with Crippen molar-refractivity contribution in [1.82, 2.24) is 5.32 Å². The fourth-order valence-corrected chi connectivity index (χ4v) is 2.34. The Balaban J connectivity index is 1.87. The summed E-state index contributed by atoms with van der Waals surface area (Å²) in [5.74, 6) is 0.147. The molecule has 1 spiro atoms. The first kappa shape index (κ1) is 9.97. The van der Waals surface area contributed by atoms with Gasteiger partial charge in [0.1, 0.15) is 0 Å². The van der Waals surface area contributed by atoms with E-state index in [1.165, 1.54) is 6.42 Å². The van der Waals surface area contributed by atoms with Gasteiger partial charge in [0.15, 0.2) is 0 Å². The van der Waals surface area contributed by atoms with Crippen LogP contribution in [0.2, 0.25) is 0 Å². The Bertz CT molecular complexity index is 233. The van der Waals surface area contributed by atoms with Crippen molar-refractivity contribution in [3.8, 4) is 0 Å². The van der Waals surface area contributed by atoms with Crippen LogP contribution in [0.4, 0.5) is 0 Å². The third-order valence-corrected chi connectivity index (χ3v) is 3.21. The predicted molar refractivity (Wildman–Crippen MR) is 53.9 cm³/mol. The van der Waals surface area contributed by atoms with Gasteiger partial charge in [-0.3, -0.25) is 4.79 Å². The van der Waals surface area contributed by atoms with Crippen molar-refractivity contribution in [1.29, 1.82) is 0 Å². The van der Waals surface area contributed by atoms with Crippen LogP contribution in [-0.2, 0) is 9.53 Å². The molecule has 2 atom stereocenters. The van der Waals surface area contributed by atoms with Crippen molar-refractivity contribution in [2.45, 2.75) is 51.2 Å². The van der Waals surface area contributed by atoms with E-state index in [-0.39, 0.29) is 18.0 Å². The number of hydrogen-bond acceptors (Lipinski definition) is 3. The maximum atomic E-state index is 11.7. The van der Waals surface area contributed by atoms with Crippen molar-refractivity contribution >= 4 is 5.97 Å². The van der Waals surface area contributed by atoms with E-state index >= 15 is 0 Å². The monoisotopic (exact) mass is 197 g/mol. The van der Waals surface area contributed by atoms with Crippen LogP contribution >= 0.6 is 0 Å². The fraction of sp³-hybridized carbons (Fsp3) is 0.909. The molecule has 1 saturated heterocycles. The largest absolute Gasteiger partial charge is 0.463 e. The van der Waals surface area contributed by atoms with Gasteiger partial charge in [0, 0.05) is 12.1 Å². The molecule has 3 heteroatoms. The van der Waals surface area contributed by atoms with Crippen LogP contribution in [0.3, 0.4) is 0 Å². The molecule has 1 aliphatic carbocycles. The lowest BCUT2D eigenvalue weighted by Crippen LogP contribution is -2.32. The van der Waals surface area contributed by atoms with E-state index in [1.807, 2.05) is 13.8 Å². The first-order chi connectivity index (χ1) is 6.61. The van der Waals surface area contributed by atoms with Gasteiger partial charge in [-0.05, 0) is 33.1 Å². The second-order valence-corrected chi connectivity index (χ2v) is 4.91. The second-order valence-electron chi connectivity index (χ2n) is 4.91. The molecule has 1 aliphatic heterocycles. The molecule has 2 aliphatic rings. The SMILES string of the molecule is CC(C)OC(=O)C1CCCC2(CN2)C1. The zero-order valence-electron chi connectivity index (χ0n) is 9.01. The number of rotatable bonds is 2. The molecule has 1 N–H and O–H groups in total. The molecule has 1 saturated carbocycles. The highest BCUT2D eigenvalue weighted by atomic mass is 16.5. The van der Waals surface area contributed by atoms with E-state index in [0.29, 0.717) is 5.54 Å². The number of hydrogen-bond donors (Lipinski definition) is 1. The van der Waals surface area contributed by atoms with Crippen molar-refractivity contribution < 1.29 is 9.53 Å². The Hall–Kier alpha value is -0.570. The molecule has 80 valence electrons. The number of esters is 1. The highest BCUT2D eigenvalue weighted by molar-refractivity contribution is 5.73. The third kappa shape index (κ3) is 2.08. The summed E-state index contributed by atoms with van der Waals surface area (Å²) in [7, 11) is 0. The molecule has 3 nitrogen and oxygen atoms in total. The van der Waals surface area contributed by atoms with Gasteiger partial charge >= 0.3 is 5.97 Å². The summed E-state index contributed by atoms with van der Waals surface area (Å²) < 4.78 is 5.24. The molecule has 0 bridgehead atoms. The van der Waals surface area contributed by atoms with Crippen LogP contribution in [0, 0.1) is 5.92 Å². The summed E-state index contributed by atoms with van der Waals surface area (Å²) in [6, 6.07) is 0. The van der Waals surface area contributed by atoms with E-state index < -0.39 is 0 Å². The number of nitrogens with one attached hydrogen (secondary N) is 1. The fourth-order valence-electron chi connectivity index (χ4n) is 2.34. The second kappa shape index (κ2) is 3.54. The Labute approximate surface area is 85.2 Å². The summed E-state index contributed by atoms with van der Waals surface area (Å²) in [4.78, 5) is 11.7. The Morgan fingerprint density at radius 1 is 1.57 bits per heavy atom. The van der Waals surface area contributed by atoms with Crippen LogP contribution in [-0.4, -0.2) is 24.2 Å². The minimum absolute atomic E-state index is 0.00720. The minimum Gasteiger partial charge on any atom is -0.463 e. The molecular formula is C11H19NO2. The average molecular weight is 197 g/mol. The normalized spacial score (nSPS) is 36.1. The predicted octanol–water partition coefficient (Wildman–Crippen LogP) is 1.47. The van der Waals surface area contributed by atoms with Gasteiger partial charge in [0.25, 0.3) is 0 Å². The molecule has 1 heterocycles. The standard InChI is InChI=1S/C11H19NO2/c1-8(2)14-10(13)9-4-3-5-11(6-9)7-12-11/h8-9,12H,3-7H2,1-2H3. The average Bonchev–Trinajstić information content (AvgIpc) is 2.84. The topological polar surface area (TPSA) is 48.2 Å². The van der Waals surface area contributed by atoms with Crippen molar-refractivity contribution in [3.05, 3.63) is 0 Å². The van der Waals surface area contributed by atoms with Crippen molar-refractivity contribution in [3.63, 3.8) is 0 Å². The van der Waals surface area contributed by atoms with Crippen LogP contribution in [0.1, 0.15) is 39.5 Å². The van der Waals surface area contributed by atoms with Gasteiger partial charge in [-0.25, -0.2) is 0 Å². The van der Waals surface area contributed by atoms with E-state index in [9.17, 15) is 4.79 Å². The summed E-state index contributed by atoms with van der Waals surface area (Å²) >= 11 is 0. The smallest absolute Gasteiger partial charge is 0.309 e. The zero-order valence-corrected chi connectivity index (χ0v) is 9.01. The quantitative estimate of drug-likeness (QED) is 0.538. The number of ether oxygens (including phenoxy) is 1. The van der Waals surface area contributed by atoms with Gasteiger partial charge in [0.2, 0.25) is 0 Å². The van der Waals surface area contributed by atoms with Crippen LogP contribution in [0.5, 0.6) is 0 Å². The molecule has 0 aromatic carbocycles. The lowest BCUT2D eigenvalue weighted by molar-refractivity contribution is -0.153. The van der Waals surface area contributed by atoms with Gasteiger partial charge in [0.05, 0.1) is 12.0 Å². The molecule has 14 heavy (non-hydrogen) atoms. The van der Waals surface area contributed by atoms with Crippen LogP contribution in [0.25, 0.3) is 0 Å². The Morgan fingerprint density at radius 3 is 2.86 bits per heavy atom. The molecular weight excluding hydrogens is 178 g/mol. The molecule has 2 fully saturated rings. The van der Waals surface area contributed by atoms with Gasteiger partial charge in [-0.1, -0.05) is 6.42 Å². The van der Waals surface area contributed by atoms with E-state index in [1.54, 1.807) is 0 Å². The van der Waals surface area contributed by atoms with Crippen molar-refractivity contribution in [2.75, 3.05) is 6.54 Å². The summed E-state index contributed by atoms with van der Waals surface area (Å²) in [5, 5.41) is 3.38. The maximum Gasteiger partial charge on any atom is 0.309 e. The molecule has 0 aromatic heterocycles. The molecule has 0 aromatic rings. The van der Waals surface area contributed by atoms with Crippen molar-refractivity contribution in [2.24, 2.45) is 5.92 Å². The minimum atomic E-state index is 0.00720. The van der Waals surface area contributed by atoms with Gasteiger partial charge in [-0.2, -0.15) is 0 Å². The number of carbonyl (C=O) groups is 1. The van der Waals surface area contributed by atoms with Gasteiger partial charge in [-0.15, -0.1) is 0 Å². The van der Waals surface area contributed by atoms with E-state index in [4.69, 9.17) is 4.74 Å². The molecule has 0 amide bonds. The van der Waals surface area contributed by atoms with Gasteiger partial charge < -0.3 is 10.1 Å². The number of carbonyl (C=O) groups excluding carboxylic acids is 1. The lowest BCUT2D eigenvalue weighted by atomic mass is 9.81. The van der Waals surface area contributed by atoms with E-state index in [0.717, 1.165) is 25.8 Å². The highest BCUT2D eigenvalue weighted by Gasteiger charge is 2.47. The van der Waals surface area contributed by atoms with Crippen LogP contribution in [0.15, 0.2) is 0 Å². The first-order valence-corrected chi connectivity index (χ1v) is 5.57. The Morgan fingerprint density at radius 2 is 2.29 bits per heavy atom. The zero-order chi connectivity index (χ0) is 10.2. The highest BCUT2D eigenvalue weighted by Crippen LogP contribution is 2.38. The lowest BCUT2D eigenvalue weighted by Gasteiger charge is -2.27. The van der Waals surface area contributed by atoms with Crippen LogP contribution < -0.4 is 5.32 Å². The summed E-state index contributed by atoms with van der Waals surface area (Å²) in [6.45, 7) is 4.91. The van der Waals surface area contributed by atoms with E-state index in [2.05, 4.69) is 5.32 Å². The summed E-state index contributed by atoms with van der Waals surface area (Å²) in [6.07, 6.45) is 4.41. The maximum absolute atomic E-state index is 11.7.